The number of carbonyl (C=O) groups excluding carboxylic acids is 2. The molecule has 2 fully saturated rings. The molecule has 0 spiro atoms. The van der Waals surface area contributed by atoms with Crippen molar-refractivity contribution in [3.63, 3.8) is 0 Å². The third kappa shape index (κ3) is 3.40. The molecule has 2 rings (SSSR count). The molecule has 0 radical (unpaired) electrons. The summed E-state index contributed by atoms with van der Waals surface area (Å²) in [6.45, 7) is 0. The van der Waals surface area contributed by atoms with Crippen LogP contribution >= 0.6 is 0 Å². The minimum absolute atomic E-state index is 0.389. The van der Waals surface area contributed by atoms with Crippen molar-refractivity contribution in [3.05, 3.63) is 0 Å². The van der Waals surface area contributed by atoms with E-state index in [4.69, 9.17) is 14.2 Å². The van der Waals surface area contributed by atoms with E-state index in [2.05, 4.69) is 4.74 Å². The molecule has 1 saturated carbocycles. The van der Waals surface area contributed by atoms with Crippen molar-refractivity contribution < 1.29 is 38.7 Å². The van der Waals surface area contributed by atoms with E-state index in [1.807, 2.05) is 0 Å². The number of esters is 2. The summed E-state index contributed by atoms with van der Waals surface area (Å²) in [6, 6.07) is 0. The first-order chi connectivity index (χ1) is 11.9. The van der Waals surface area contributed by atoms with Gasteiger partial charge in [0, 0.05) is 13.0 Å². The number of aliphatic hydroxyl groups is 2. The van der Waals surface area contributed by atoms with E-state index in [1.54, 1.807) is 0 Å². The summed E-state index contributed by atoms with van der Waals surface area (Å²) in [5, 5.41) is 21.4. The Hall–Kier alpha value is -1.22. The molecule has 0 aromatic carbocycles. The molecule has 0 aromatic rings. The topological polar surface area (TPSA) is 112 Å². The number of fused-ring (bicyclic) bond motifs is 2. The van der Waals surface area contributed by atoms with Crippen LogP contribution in [-0.4, -0.2) is 68.1 Å². The number of hydrogen-bond donors (Lipinski definition) is 2. The molecule has 8 heteroatoms. The van der Waals surface area contributed by atoms with Crippen LogP contribution in [0.1, 0.15) is 38.5 Å². The van der Waals surface area contributed by atoms with Gasteiger partial charge in [-0.15, -0.1) is 0 Å². The smallest absolute Gasteiger partial charge is 0.336 e. The maximum Gasteiger partial charge on any atom is 0.336 e. The van der Waals surface area contributed by atoms with Crippen molar-refractivity contribution in [3.8, 4) is 0 Å². The highest BCUT2D eigenvalue weighted by atomic mass is 16.7. The quantitative estimate of drug-likeness (QED) is 0.692. The van der Waals surface area contributed by atoms with Gasteiger partial charge in [-0.3, -0.25) is 4.79 Å². The second-order valence-corrected chi connectivity index (χ2v) is 6.68. The third-order valence-corrected chi connectivity index (χ3v) is 5.46. The summed E-state index contributed by atoms with van der Waals surface area (Å²) in [5.74, 6) is -2.42. The molecule has 144 valence electrons. The van der Waals surface area contributed by atoms with Gasteiger partial charge in [0.25, 0.3) is 0 Å². The number of carbonyl (C=O) groups is 2. The van der Waals surface area contributed by atoms with Crippen molar-refractivity contribution in [1.29, 1.82) is 0 Å². The molecule has 1 saturated heterocycles. The van der Waals surface area contributed by atoms with Crippen molar-refractivity contribution in [2.75, 3.05) is 21.3 Å². The Morgan fingerprint density at radius 1 is 1.08 bits per heavy atom. The lowest BCUT2D eigenvalue weighted by molar-refractivity contribution is -0.190. The summed E-state index contributed by atoms with van der Waals surface area (Å²) in [5.41, 5.74) is -1.78. The van der Waals surface area contributed by atoms with Crippen molar-refractivity contribution in [1.82, 2.24) is 0 Å². The van der Waals surface area contributed by atoms with Crippen molar-refractivity contribution in [2.24, 2.45) is 11.3 Å². The summed E-state index contributed by atoms with van der Waals surface area (Å²) < 4.78 is 20.8. The van der Waals surface area contributed by atoms with Gasteiger partial charge in [-0.05, 0) is 12.8 Å². The predicted octanol–water partition coefficient (Wildman–Crippen LogP) is 0.382. The summed E-state index contributed by atoms with van der Waals surface area (Å²) in [6.07, 6.45) is -0.537. The van der Waals surface area contributed by atoms with E-state index in [-0.39, 0.29) is 0 Å². The molecule has 0 amide bonds. The van der Waals surface area contributed by atoms with E-state index in [0.717, 1.165) is 32.8 Å². The van der Waals surface area contributed by atoms with Crippen LogP contribution in [0.2, 0.25) is 0 Å². The Morgan fingerprint density at radius 2 is 1.72 bits per heavy atom. The molecular weight excluding hydrogens is 332 g/mol. The summed E-state index contributed by atoms with van der Waals surface area (Å²) in [7, 11) is 3.74. The zero-order valence-electron chi connectivity index (χ0n) is 15.0. The van der Waals surface area contributed by atoms with Gasteiger partial charge in [0.05, 0.1) is 20.3 Å². The van der Waals surface area contributed by atoms with Gasteiger partial charge in [0.2, 0.25) is 0 Å². The minimum Gasteiger partial charge on any atom is -0.468 e. The molecular formula is C17H28O8. The Labute approximate surface area is 147 Å². The Kier molecular flexibility index (Phi) is 6.79. The highest BCUT2D eigenvalue weighted by Gasteiger charge is 2.69. The fourth-order valence-corrected chi connectivity index (χ4v) is 4.24. The van der Waals surface area contributed by atoms with Gasteiger partial charge in [-0.2, -0.15) is 0 Å². The molecule has 25 heavy (non-hydrogen) atoms. The minimum atomic E-state index is -1.82. The van der Waals surface area contributed by atoms with Gasteiger partial charge in [-0.25, -0.2) is 4.79 Å². The van der Waals surface area contributed by atoms with Gasteiger partial charge in [0.1, 0.15) is 11.5 Å². The van der Waals surface area contributed by atoms with E-state index < -0.39 is 47.9 Å². The monoisotopic (exact) mass is 360 g/mol. The molecule has 2 bridgehead atoms. The van der Waals surface area contributed by atoms with Crippen molar-refractivity contribution >= 4 is 11.9 Å². The lowest BCUT2D eigenvalue weighted by Gasteiger charge is -2.40. The van der Waals surface area contributed by atoms with Gasteiger partial charge in [-0.1, -0.05) is 25.7 Å². The second-order valence-electron chi connectivity index (χ2n) is 6.68. The molecule has 6 atom stereocenters. The first-order valence-corrected chi connectivity index (χ1v) is 8.65. The molecule has 1 aliphatic carbocycles. The Balaban J connectivity index is 2.59. The zero-order chi connectivity index (χ0) is 18.6. The van der Waals surface area contributed by atoms with Crippen LogP contribution in [-0.2, 0) is 28.5 Å². The average molecular weight is 360 g/mol. The SMILES string of the molecule is COC(=O)C(O)C1(C(=O)OC)C2CCCCCCC(O)C1OC2OC. The number of aliphatic hydroxyl groups excluding tert-OH is 2. The van der Waals surface area contributed by atoms with E-state index >= 15 is 0 Å². The molecule has 2 aliphatic rings. The molecule has 0 aromatic heterocycles. The van der Waals surface area contributed by atoms with Gasteiger partial charge < -0.3 is 29.2 Å². The maximum absolute atomic E-state index is 12.8. The van der Waals surface area contributed by atoms with Crippen LogP contribution in [0.25, 0.3) is 0 Å². The normalized spacial score (nSPS) is 37.2. The van der Waals surface area contributed by atoms with E-state index in [9.17, 15) is 19.8 Å². The van der Waals surface area contributed by atoms with Crippen LogP contribution in [0.15, 0.2) is 0 Å². The van der Waals surface area contributed by atoms with Crippen LogP contribution in [0.3, 0.4) is 0 Å². The predicted molar refractivity (Wildman–Crippen MR) is 85.3 cm³/mol. The highest BCUT2D eigenvalue weighted by molar-refractivity contribution is 5.88. The molecule has 8 nitrogen and oxygen atoms in total. The number of methoxy groups -OCH3 is 3. The Morgan fingerprint density at radius 3 is 2.28 bits per heavy atom. The third-order valence-electron chi connectivity index (χ3n) is 5.46. The first kappa shape index (κ1) is 20.1. The lowest BCUT2D eigenvalue weighted by Crippen LogP contribution is -2.59. The number of rotatable bonds is 4. The molecule has 1 aliphatic heterocycles. The number of ether oxygens (including phenoxy) is 4. The van der Waals surface area contributed by atoms with E-state index in [0.29, 0.717) is 12.8 Å². The molecule has 1 heterocycles. The van der Waals surface area contributed by atoms with Gasteiger partial charge in [0.15, 0.2) is 12.4 Å². The van der Waals surface area contributed by atoms with Crippen molar-refractivity contribution in [2.45, 2.75) is 63.1 Å². The fourth-order valence-electron chi connectivity index (χ4n) is 4.24. The summed E-state index contributed by atoms with van der Waals surface area (Å²) >= 11 is 0. The van der Waals surface area contributed by atoms with Crippen LogP contribution in [0.5, 0.6) is 0 Å². The van der Waals surface area contributed by atoms with Gasteiger partial charge >= 0.3 is 11.9 Å². The second kappa shape index (κ2) is 8.44. The zero-order valence-corrected chi connectivity index (χ0v) is 15.0. The standard InChI is InChI=1S/C17H28O8/c1-22-14(20)12(19)17(16(21)24-3)10-8-6-4-5-7-9-11(18)13(17)25-15(10)23-2/h10-13,15,18-19H,4-9H2,1-3H3. The van der Waals surface area contributed by atoms with Crippen LogP contribution in [0.4, 0.5) is 0 Å². The summed E-state index contributed by atoms with van der Waals surface area (Å²) in [4.78, 5) is 25.0. The molecule has 2 N–H and O–H groups in total. The largest absolute Gasteiger partial charge is 0.468 e. The fraction of sp³-hybridized carbons (Fsp3) is 0.882. The first-order valence-electron chi connectivity index (χ1n) is 8.65. The maximum atomic E-state index is 12.8. The Bertz CT molecular complexity index is 477. The van der Waals surface area contributed by atoms with E-state index in [1.165, 1.54) is 14.2 Å². The molecule has 6 unspecified atom stereocenters. The highest BCUT2D eigenvalue weighted by Crippen LogP contribution is 2.52. The van der Waals surface area contributed by atoms with Crippen LogP contribution < -0.4 is 0 Å². The average Bonchev–Trinajstić information content (AvgIpc) is 2.95. The van der Waals surface area contributed by atoms with Crippen LogP contribution in [0, 0.1) is 11.3 Å². The number of hydrogen-bond acceptors (Lipinski definition) is 8. The lowest BCUT2D eigenvalue weighted by atomic mass is 9.64.